The maximum atomic E-state index is 12.3. The molecule has 9 heteroatoms. The van der Waals surface area contributed by atoms with Gasteiger partial charge in [-0.1, -0.05) is 12.1 Å². The number of ether oxygens (including phenoxy) is 1. The van der Waals surface area contributed by atoms with Crippen LogP contribution in [0.15, 0.2) is 24.3 Å². The van der Waals surface area contributed by atoms with Gasteiger partial charge in [-0.05, 0) is 55.8 Å². The molecule has 27 heavy (non-hydrogen) atoms. The highest BCUT2D eigenvalue weighted by Gasteiger charge is 2.61. The molecular weight excluding hydrogens is 364 g/mol. The molecule has 2 N–H and O–H groups in total. The van der Waals surface area contributed by atoms with Crippen molar-refractivity contribution in [2.75, 3.05) is 0 Å². The van der Waals surface area contributed by atoms with Crippen molar-refractivity contribution in [1.29, 1.82) is 0 Å². The highest BCUT2D eigenvalue weighted by molar-refractivity contribution is 8.01. The van der Waals surface area contributed by atoms with Gasteiger partial charge in [0.25, 0.3) is 0 Å². The Hall–Kier alpha value is -2.13. The first kappa shape index (κ1) is 18.2. The Morgan fingerprint density at radius 3 is 2.67 bits per heavy atom. The van der Waals surface area contributed by atoms with Gasteiger partial charge in [0, 0.05) is 4.75 Å². The zero-order chi connectivity index (χ0) is 19.3. The standard InChI is InChI=1S/C18H24N6O2S/c1-10(2)26-12-7-5-11(6-8-12)9-23-15(20-21-22-23)14-18(3,4)27-17-13(19)16(25)24(14)17/h5-8,10,13-14,17H,9,19H2,1-4H3/t13?,14?,17-/m1/s1. The van der Waals surface area contributed by atoms with E-state index in [1.807, 2.05) is 43.0 Å². The first-order valence-electron chi connectivity index (χ1n) is 9.05. The lowest BCUT2D eigenvalue weighted by Gasteiger charge is -2.42. The largest absolute Gasteiger partial charge is 0.491 e. The number of carbonyl (C=O) groups is 1. The number of aromatic nitrogens is 4. The molecule has 0 spiro atoms. The van der Waals surface area contributed by atoms with E-state index in [0.29, 0.717) is 12.4 Å². The second-order valence-corrected chi connectivity index (χ2v) is 9.56. The van der Waals surface area contributed by atoms with Gasteiger partial charge in [0.05, 0.1) is 12.6 Å². The number of carbonyl (C=O) groups excluding carboxylic acids is 1. The summed E-state index contributed by atoms with van der Waals surface area (Å²) in [5.41, 5.74) is 7.03. The van der Waals surface area contributed by atoms with Crippen LogP contribution in [0.4, 0.5) is 0 Å². The molecule has 2 aliphatic rings. The van der Waals surface area contributed by atoms with Crippen molar-refractivity contribution in [3.63, 3.8) is 0 Å². The molecule has 8 nitrogen and oxygen atoms in total. The van der Waals surface area contributed by atoms with Crippen LogP contribution in [0.25, 0.3) is 0 Å². The van der Waals surface area contributed by atoms with Crippen LogP contribution in [0.3, 0.4) is 0 Å². The molecule has 3 atom stereocenters. The van der Waals surface area contributed by atoms with E-state index in [9.17, 15) is 4.79 Å². The lowest BCUT2D eigenvalue weighted by atomic mass is 9.95. The van der Waals surface area contributed by atoms with Crippen LogP contribution in [-0.4, -0.2) is 53.3 Å². The number of hydrogen-bond donors (Lipinski definition) is 1. The molecule has 2 aromatic rings. The summed E-state index contributed by atoms with van der Waals surface area (Å²) in [6.45, 7) is 8.74. The average Bonchev–Trinajstić information content (AvgIpc) is 3.15. The summed E-state index contributed by atoms with van der Waals surface area (Å²) in [4.78, 5) is 14.2. The van der Waals surface area contributed by atoms with Gasteiger partial charge in [-0.15, -0.1) is 16.9 Å². The quantitative estimate of drug-likeness (QED) is 0.776. The van der Waals surface area contributed by atoms with Crippen LogP contribution >= 0.6 is 11.8 Å². The van der Waals surface area contributed by atoms with Gasteiger partial charge in [-0.25, -0.2) is 4.68 Å². The molecule has 0 saturated carbocycles. The molecule has 2 aliphatic heterocycles. The number of tetrazole rings is 1. The summed E-state index contributed by atoms with van der Waals surface area (Å²) in [6.07, 6.45) is 0.137. The van der Waals surface area contributed by atoms with Crippen LogP contribution in [0.2, 0.25) is 0 Å². The molecule has 1 aromatic carbocycles. The highest BCUT2D eigenvalue weighted by atomic mass is 32.2. The Balaban J connectivity index is 1.57. The molecule has 144 valence electrons. The minimum Gasteiger partial charge on any atom is -0.491 e. The molecule has 0 aliphatic carbocycles. The Morgan fingerprint density at radius 2 is 2.00 bits per heavy atom. The van der Waals surface area contributed by atoms with E-state index in [1.54, 1.807) is 16.4 Å². The number of benzene rings is 1. The third-order valence-corrected chi connectivity index (χ3v) is 6.51. The van der Waals surface area contributed by atoms with Gasteiger partial charge in [0.1, 0.15) is 23.2 Å². The molecule has 2 saturated heterocycles. The van der Waals surface area contributed by atoms with Crippen molar-refractivity contribution in [3.05, 3.63) is 35.7 Å². The maximum absolute atomic E-state index is 12.3. The maximum Gasteiger partial charge on any atom is 0.244 e. The minimum atomic E-state index is -0.433. The van der Waals surface area contributed by atoms with Crippen molar-refractivity contribution in [3.8, 4) is 5.75 Å². The number of β-lactam (4-membered cyclic amide) rings is 1. The lowest BCUT2D eigenvalue weighted by molar-refractivity contribution is -0.147. The van der Waals surface area contributed by atoms with Crippen LogP contribution < -0.4 is 10.5 Å². The summed E-state index contributed by atoms with van der Waals surface area (Å²) in [5.74, 6) is 1.49. The van der Waals surface area contributed by atoms with E-state index in [-0.39, 0.29) is 28.2 Å². The van der Waals surface area contributed by atoms with Gasteiger partial charge in [0.2, 0.25) is 5.91 Å². The molecule has 1 aromatic heterocycles. The minimum absolute atomic E-state index is 0.00452. The zero-order valence-electron chi connectivity index (χ0n) is 15.9. The highest BCUT2D eigenvalue weighted by Crippen LogP contribution is 2.56. The van der Waals surface area contributed by atoms with Crippen molar-refractivity contribution in [2.24, 2.45) is 5.73 Å². The zero-order valence-corrected chi connectivity index (χ0v) is 16.7. The van der Waals surface area contributed by atoms with E-state index in [1.165, 1.54) is 0 Å². The van der Waals surface area contributed by atoms with E-state index in [0.717, 1.165) is 11.3 Å². The molecule has 1 amide bonds. The molecule has 0 bridgehead atoms. The number of thioether (sulfide) groups is 1. The second-order valence-electron chi connectivity index (χ2n) is 7.79. The Bertz CT molecular complexity index is 850. The second kappa shape index (κ2) is 6.49. The molecule has 0 radical (unpaired) electrons. The summed E-state index contributed by atoms with van der Waals surface area (Å²) >= 11 is 1.71. The smallest absolute Gasteiger partial charge is 0.244 e. The van der Waals surface area contributed by atoms with Gasteiger partial charge in [-0.3, -0.25) is 4.79 Å². The van der Waals surface area contributed by atoms with Gasteiger partial charge in [-0.2, -0.15) is 0 Å². The number of hydrogen-bond acceptors (Lipinski definition) is 7. The SMILES string of the molecule is CC(C)Oc1ccc(Cn2nnnc2C2N3C(=O)C(N)[C@H]3SC2(C)C)cc1. The Labute approximate surface area is 162 Å². The summed E-state index contributed by atoms with van der Waals surface area (Å²) in [7, 11) is 0. The molecule has 3 heterocycles. The third-order valence-electron chi connectivity index (χ3n) is 4.91. The van der Waals surface area contributed by atoms with Crippen molar-refractivity contribution < 1.29 is 9.53 Å². The Morgan fingerprint density at radius 1 is 1.30 bits per heavy atom. The van der Waals surface area contributed by atoms with E-state index < -0.39 is 6.04 Å². The predicted molar refractivity (Wildman–Crippen MR) is 102 cm³/mol. The topological polar surface area (TPSA) is 99.2 Å². The van der Waals surface area contributed by atoms with Gasteiger partial charge in [0.15, 0.2) is 5.82 Å². The monoisotopic (exact) mass is 388 g/mol. The number of nitrogens with two attached hydrogens (primary N) is 1. The number of fused-ring (bicyclic) bond motifs is 1. The molecule has 2 fully saturated rings. The van der Waals surface area contributed by atoms with E-state index in [2.05, 4.69) is 29.4 Å². The summed E-state index contributed by atoms with van der Waals surface area (Å²) < 4.78 is 7.24. The average molecular weight is 388 g/mol. The van der Waals surface area contributed by atoms with Crippen LogP contribution in [0.1, 0.15) is 45.1 Å². The summed E-state index contributed by atoms with van der Waals surface area (Å²) in [5, 5.41) is 12.3. The third kappa shape index (κ3) is 3.08. The normalized spacial score (nSPS) is 26.2. The van der Waals surface area contributed by atoms with Crippen LogP contribution in [-0.2, 0) is 11.3 Å². The fourth-order valence-corrected chi connectivity index (χ4v) is 5.27. The van der Waals surface area contributed by atoms with Crippen LogP contribution in [0, 0.1) is 0 Å². The van der Waals surface area contributed by atoms with Gasteiger partial charge < -0.3 is 15.4 Å². The van der Waals surface area contributed by atoms with E-state index >= 15 is 0 Å². The molecule has 2 unspecified atom stereocenters. The molecular formula is C18H24N6O2S. The first-order valence-corrected chi connectivity index (χ1v) is 9.93. The van der Waals surface area contributed by atoms with Crippen molar-refractivity contribution in [2.45, 2.75) is 62.5 Å². The molecule has 4 rings (SSSR count). The van der Waals surface area contributed by atoms with Crippen molar-refractivity contribution >= 4 is 17.7 Å². The number of nitrogens with zero attached hydrogens (tertiary/aromatic N) is 5. The number of amides is 1. The Kier molecular flexibility index (Phi) is 4.38. The predicted octanol–water partition coefficient (Wildman–Crippen LogP) is 1.57. The van der Waals surface area contributed by atoms with E-state index in [4.69, 9.17) is 10.5 Å². The summed E-state index contributed by atoms with van der Waals surface area (Å²) in [6, 6.07) is 7.28. The van der Waals surface area contributed by atoms with Crippen molar-refractivity contribution in [1.82, 2.24) is 25.1 Å². The lowest BCUT2D eigenvalue weighted by Crippen LogP contribution is -2.65. The van der Waals surface area contributed by atoms with Gasteiger partial charge >= 0.3 is 0 Å². The fourth-order valence-electron chi connectivity index (χ4n) is 3.70. The van der Waals surface area contributed by atoms with Crippen LogP contribution in [0.5, 0.6) is 5.75 Å². The fraction of sp³-hybridized carbons (Fsp3) is 0.556. The number of rotatable bonds is 5. The first-order chi connectivity index (χ1) is 12.8.